The number of rotatable bonds is 11. The Morgan fingerprint density at radius 2 is 1.19 bits per heavy atom. The molecule has 312 valence electrons. The predicted molar refractivity (Wildman–Crippen MR) is 223 cm³/mol. The highest BCUT2D eigenvalue weighted by Gasteiger charge is 2.47. The number of hydrogen-bond donors (Lipinski definition) is 5. The Labute approximate surface area is 341 Å². The average Bonchev–Trinajstić information content (AvgIpc) is 4.02. The molecule has 4 amide bonds. The number of hydrogen-bond acceptors (Lipinski definition) is 9. The van der Waals surface area contributed by atoms with E-state index >= 15 is 0 Å². The first-order chi connectivity index (χ1) is 27.6. The summed E-state index contributed by atoms with van der Waals surface area (Å²) in [5.74, 6) is 0.775. The van der Waals surface area contributed by atoms with E-state index in [1.165, 1.54) is 14.2 Å². The number of benzene rings is 2. The molecule has 0 aliphatic carbocycles. The Morgan fingerprint density at radius 3 is 1.72 bits per heavy atom. The van der Waals surface area contributed by atoms with Gasteiger partial charge in [-0.15, -0.1) is 0 Å². The van der Waals surface area contributed by atoms with Gasteiger partial charge in [0.1, 0.15) is 24.1 Å². The summed E-state index contributed by atoms with van der Waals surface area (Å²) in [6.45, 7) is 16.1. The van der Waals surface area contributed by atoms with Crippen LogP contribution in [0.4, 0.5) is 9.59 Å². The van der Waals surface area contributed by atoms with Crippen molar-refractivity contribution in [1.29, 1.82) is 0 Å². The van der Waals surface area contributed by atoms with Crippen LogP contribution in [-0.2, 0) is 19.1 Å². The van der Waals surface area contributed by atoms with Crippen molar-refractivity contribution in [3.63, 3.8) is 0 Å². The van der Waals surface area contributed by atoms with E-state index in [9.17, 15) is 19.2 Å². The van der Waals surface area contributed by atoms with Crippen molar-refractivity contribution in [2.24, 2.45) is 23.7 Å². The molecule has 0 saturated carbocycles. The molecule has 2 aromatic carbocycles. The largest absolute Gasteiger partial charge is 0.453 e. The van der Waals surface area contributed by atoms with Crippen LogP contribution in [0.1, 0.15) is 85.7 Å². The average molecular weight is 797 g/mol. The predicted octanol–water partition coefficient (Wildman–Crippen LogP) is 6.25. The summed E-state index contributed by atoms with van der Waals surface area (Å²) >= 11 is 0. The van der Waals surface area contributed by atoms with Gasteiger partial charge in [-0.25, -0.2) is 14.6 Å². The van der Waals surface area contributed by atoms with E-state index in [0.717, 1.165) is 52.3 Å². The van der Waals surface area contributed by atoms with Gasteiger partial charge in [-0.05, 0) is 72.6 Å². The minimum Gasteiger partial charge on any atom is -0.453 e. The molecular weight excluding hydrogens is 737 g/mol. The summed E-state index contributed by atoms with van der Waals surface area (Å²) in [5, 5.41) is 12.6. The lowest BCUT2D eigenvalue weighted by atomic mass is 10.0. The fraction of sp³-hybridized carbons (Fsp3) is 0.523. The number of likely N-dealkylation sites (tertiary alicyclic amines) is 2. The van der Waals surface area contributed by atoms with Gasteiger partial charge in [-0.1, -0.05) is 90.1 Å². The third kappa shape index (κ3) is 8.51. The summed E-state index contributed by atoms with van der Waals surface area (Å²) in [6, 6.07) is 14.9. The van der Waals surface area contributed by atoms with Gasteiger partial charge >= 0.3 is 12.2 Å². The molecule has 3 aliphatic rings. The van der Waals surface area contributed by atoms with E-state index in [0.29, 0.717) is 0 Å². The monoisotopic (exact) mass is 796 g/mol. The summed E-state index contributed by atoms with van der Waals surface area (Å²) in [5.41, 5.74) is 5.94. The van der Waals surface area contributed by atoms with Crippen LogP contribution in [0.2, 0.25) is 0 Å². The van der Waals surface area contributed by atoms with Crippen LogP contribution in [0.25, 0.3) is 28.1 Å². The first kappa shape index (κ1) is 42.1. The second-order valence-electron chi connectivity index (χ2n) is 16.9. The van der Waals surface area contributed by atoms with E-state index in [1.807, 2.05) is 56.8 Å². The molecule has 14 heteroatoms. The molecular formula is C44H60N8O6. The highest BCUT2D eigenvalue weighted by Crippen LogP contribution is 2.40. The second-order valence-corrected chi connectivity index (χ2v) is 16.9. The first-order valence-corrected chi connectivity index (χ1v) is 20.5. The van der Waals surface area contributed by atoms with Gasteiger partial charge in [0.15, 0.2) is 0 Å². The van der Waals surface area contributed by atoms with Crippen molar-refractivity contribution in [2.45, 2.75) is 111 Å². The van der Waals surface area contributed by atoms with Crippen molar-refractivity contribution in [3.8, 4) is 22.4 Å². The third-order valence-corrected chi connectivity index (χ3v) is 12.5. The lowest BCUT2D eigenvalue weighted by Gasteiger charge is -2.36. The lowest BCUT2D eigenvalue weighted by molar-refractivity contribution is -0.138. The number of aromatic nitrogens is 2. The second kappa shape index (κ2) is 17.5. The molecule has 1 aromatic heterocycles. The molecule has 0 bridgehead atoms. The van der Waals surface area contributed by atoms with Gasteiger partial charge in [-0.2, -0.15) is 0 Å². The fourth-order valence-electron chi connectivity index (χ4n) is 8.60. The number of alkyl carbamates (subject to hydrolysis) is 2. The Hall–Kier alpha value is -5.53. The number of ether oxygens (including phenoxy) is 2. The zero-order valence-corrected chi connectivity index (χ0v) is 35.3. The molecule has 2 fully saturated rings. The number of imidazole rings is 1. The van der Waals surface area contributed by atoms with Crippen LogP contribution in [-0.4, -0.2) is 94.4 Å². The maximum absolute atomic E-state index is 13.9. The highest BCUT2D eigenvalue weighted by atomic mass is 16.5. The van der Waals surface area contributed by atoms with Gasteiger partial charge < -0.3 is 45.5 Å². The number of carbonyl (C=O) groups excluding carboxylic acids is 4. The maximum Gasteiger partial charge on any atom is 0.407 e. The highest BCUT2D eigenvalue weighted by molar-refractivity contribution is 5.87. The SMILES string of the molecule is COC(=O)N[C@H](C(=O)N1[C@H](c2ncc(-c3ccc(-c4ccc(C5=CNC([C@@H]6C[C@H](C)[C@H](C)N6C(=O)[C@@H](NC(=O)OC)C(C)C)N5)cc4)cc3)[nH]2)C[C@H](C)[C@@H]1C)C(C)C. The van der Waals surface area contributed by atoms with Crippen LogP contribution >= 0.6 is 0 Å². The van der Waals surface area contributed by atoms with Crippen molar-refractivity contribution in [3.05, 3.63) is 72.3 Å². The van der Waals surface area contributed by atoms with E-state index < -0.39 is 24.3 Å². The summed E-state index contributed by atoms with van der Waals surface area (Å²) in [7, 11) is 2.60. The molecule has 2 saturated heterocycles. The normalized spacial score (nSPS) is 25.2. The number of carbonyl (C=O) groups is 4. The summed E-state index contributed by atoms with van der Waals surface area (Å²) < 4.78 is 9.62. The molecule has 9 atom stereocenters. The standard InChI is InChI=1S/C44H60N8O6/c1-23(2)37(49-43(55)57-9)41(53)51-27(7)25(5)19-35(51)39-45-21-33(47-39)31-15-11-29(12-16-31)30-13-17-32(18-14-30)34-22-46-40(48-34)36-20-26(6)28(8)52(36)42(54)38(24(3)4)50-44(56)58-10/h11-18,21-28,35-39,45,47H,19-20H2,1-10H3,(H,46,48)(H,49,55)(H,50,56)/t25-,26-,27-,28-,35-,36-,37-,38-,39?/m0/s1. The Bertz CT molecular complexity index is 1980. The van der Waals surface area contributed by atoms with Gasteiger partial charge in [0.25, 0.3) is 0 Å². The topological polar surface area (TPSA) is 170 Å². The third-order valence-electron chi connectivity index (χ3n) is 12.5. The Kier molecular flexibility index (Phi) is 12.7. The van der Waals surface area contributed by atoms with Crippen LogP contribution in [0.5, 0.6) is 0 Å². The number of H-pyrrole nitrogens is 1. The minimum atomic E-state index is -0.715. The molecule has 6 rings (SSSR count). The van der Waals surface area contributed by atoms with E-state index in [2.05, 4.69) is 95.6 Å². The first-order valence-electron chi connectivity index (χ1n) is 20.5. The van der Waals surface area contributed by atoms with Gasteiger partial charge in [0.2, 0.25) is 11.8 Å². The molecule has 0 radical (unpaired) electrons. The summed E-state index contributed by atoms with van der Waals surface area (Å²) in [4.78, 5) is 64.1. The quantitative estimate of drug-likeness (QED) is 0.151. The van der Waals surface area contributed by atoms with E-state index in [-0.39, 0.29) is 65.8 Å². The van der Waals surface area contributed by atoms with Crippen molar-refractivity contribution in [1.82, 2.24) is 41.0 Å². The molecule has 14 nitrogen and oxygen atoms in total. The van der Waals surface area contributed by atoms with Crippen molar-refractivity contribution >= 4 is 29.7 Å². The van der Waals surface area contributed by atoms with Crippen LogP contribution < -0.4 is 21.3 Å². The molecule has 0 spiro atoms. The van der Waals surface area contributed by atoms with Crippen LogP contribution in [0.15, 0.2) is 60.9 Å². The molecule has 4 heterocycles. The molecule has 5 N–H and O–H groups in total. The van der Waals surface area contributed by atoms with Crippen LogP contribution in [0, 0.1) is 23.7 Å². The Balaban J connectivity index is 1.11. The van der Waals surface area contributed by atoms with Gasteiger partial charge in [-0.3, -0.25) is 9.59 Å². The van der Waals surface area contributed by atoms with E-state index in [1.54, 1.807) is 0 Å². The number of aromatic amines is 1. The number of nitrogens with zero attached hydrogens (tertiary/aromatic N) is 3. The van der Waals surface area contributed by atoms with Gasteiger partial charge in [0.05, 0.1) is 43.9 Å². The fourth-order valence-corrected chi connectivity index (χ4v) is 8.60. The number of methoxy groups -OCH3 is 2. The smallest absolute Gasteiger partial charge is 0.407 e. The molecule has 3 aliphatic heterocycles. The lowest BCUT2D eigenvalue weighted by Crippen LogP contribution is -2.59. The van der Waals surface area contributed by atoms with E-state index in [4.69, 9.17) is 14.5 Å². The molecule has 3 aromatic rings. The zero-order valence-electron chi connectivity index (χ0n) is 35.3. The minimum absolute atomic E-state index is 0.00801. The molecule has 58 heavy (non-hydrogen) atoms. The summed E-state index contributed by atoms with van der Waals surface area (Å²) in [6.07, 6.45) is 3.94. The molecule has 1 unspecified atom stereocenters. The van der Waals surface area contributed by atoms with Crippen molar-refractivity contribution < 1.29 is 28.7 Å². The Morgan fingerprint density at radius 1 is 0.707 bits per heavy atom. The number of amides is 4. The number of nitrogens with one attached hydrogen (secondary N) is 5. The zero-order chi connectivity index (χ0) is 42.0. The van der Waals surface area contributed by atoms with Crippen LogP contribution in [0.3, 0.4) is 0 Å². The van der Waals surface area contributed by atoms with Crippen molar-refractivity contribution in [2.75, 3.05) is 14.2 Å². The maximum atomic E-state index is 13.9. The van der Waals surface area contributed by atoms with Gasteiger partial charge in [0, 0.05) is 18.3 Å².